The van der Waals surface area contributed by atoms with Crippen LogP contribution in [-0.4, -0.2) is 11.6 Å². The van der Waals surface area contributed by atoms with Gasteiger partial charge in [-0.25, -0.2) is 0 Å². The van der Waals surface area contributed by atoms with E-state index >= 15 is 0 Å². The molecule has 1 aliphatic heterocycles. The molecule has 0 bridgehead atoms. The van der Waals surface area contributed by atoms with Gasteiger partial charge in [-0.05, 0) is 36.2 Å². The van der Waals surface area contributed by atoms with Crippen LogP contribution in [0, 0.1) is 0 Å². The first kappa shape index (κ1) is 12.3. The predicted octanol–water partition coefficient (Wildman–Crippen LogP) is 3.84. The van der Waals surface area contributed by atoms with Gasteiger partial charge in [0.05, 0.1) is 23.5 Å². The summed E-state index contributed by atoms with van der Waals surface area (Å²) in [6, 6.07) is 8.29. The van der Waals surface area contributed by atoms with Gasteiger partial charge >= 0.3 is 0 Å². The number of nitrogens with one attached hydrogen (secondary N) is 1. The molecule has 2 aromatic rings. The van der Waals surface area contributed by atoms with Crippen LogP contribution in [0.5, 0.6) is 5.75 Å². The highest BCUT2D eigenvalue weighted by molar-refractivity contribution is 6.33. The summed E-state index contributed by atoms with van der Waals surface area (Å²) >= 11 is 6.13. The number of benzene rings is 1. The van der Waals surface area contributed by atoms with Crippen molar-refractivity contribution in [3.63, 3.8) is 0 Å². The number of hydrogen-bond donors (Lipinski definition) is 1. The molecule has 0 saturated carbocycles. The third kappa shape index (κ3) is 2.51. The van der Waals surface area contributed by atoms with E-state index in [1.54, 1.807) is 18.5 Å². The fraction of sp³-hybridized carbons (Fsp3) is 0.267. The SMILES string of the molecule is CC(Nc1cnccc1Cl)c1ccc2c(c1)CCO2. The number of aromatic nitrogens is 1. The van der Waals surface area contributed by atoms with Crippen LogP contribution in [0.2, 0.25) is 5.02 Å². The minimum absolute atomic E-state index is 0.174. The third-order valence-corrected chi connectivity index (χ3v) is 3.68. The number of nitrogens with zero attached hydrogens (tertiary/aromatic N) is 1. The van der Waals surface area contributed by atoms with Crippen molar-refractivity contribution in [3.8, 4) is 5.75 Å². The normalized spacial score (nSPS) is 14.6. The quantitative estimate of drug-likeness (QED) is 0.923. The molecule has 1 atom stereocenters. The van der Waals surface area contributed by atoms with E-state index < -0.39 is 0 Å². The molecule has 1 aromatic carbocycles. The summed E-state index contributed by atoms with van der Waals surface area (Å²) in [7, 11) is 0. The van der Waals surface area contributed by atoms with Crippen LogP contribution in [0.25, 0.3) is 0 Å². The first-order chi connectivity index (χ1) is 9.24. The summed E-state index contributed by atoms with van der Waals surface area (Å²) < 4.78 is 5.52. The second-order valence-electron chi connectivity index (χ2n) is 4.69. The van der Waals surface area contributed by atoms with Crippen molar-refractivity contribution in [3.05, 3.63) is 52.8 Å². The average Bonchev–Trinajstić information content (AvgIpc) is 2.88. The van der Waals surface area contributed by atoms with Crippen molar-refractivity contribution < 1.29 is 4.74 Å². The van der Waals surface area contributed by atoms with Crippen LogP contribution < -0.4 is 10.1 Å². The molecule has 0 fully saturated rings. The highest BCUT2D eigenvalue weighted by Crippen LogP contribution is 2.30. The Balaban J connectivity index is 1.81. The number of anilines is 1. The van der Waals surface area contributed by atoms with E-state index in [1.807, 2.05) is 6.07 Å². The molecule has 0 amide bonds. The van der Waals surface area contributed by atoms with E-state index in [0.717, 1.165) is 24.5 Å². The van der Waals surface area contributed by atoms with Crippen LogP contribution in [-0.2, 0) is 6.42 Å². The van der Waals surface area contributed by atoms with Gasteiger partial charge in [0.1, 0.15) is 5.75 Å². The fourth-order valence-electron chi connectivity index (χ4n) is 2.28. The van der Waals surface area contributed by atoms with E-state index in [1.165, 1.54) is 11.1 Å². The van der Waals surface area contributed by atoms with Crippen LogP contribution in [0.1, 0.15) is 24.1 Å². The van der Waals surface area contributed by atoms with E-state index in [0.29, 0.717) is 5.02 Å². The van der Waals surface area contributed by atoms with Gasteiger partial charge in [0.2, 0.25) is 0 Å². The number of pyridine rings is 1. The predicted molar refractivity (Wildman–Crippen MR) is 76.9 cm³/mol. The summed E-state index contributed by atoms with van der Waals surface area (Å²) in [5, 5.41) is 4.07. The zero-order chi connectivity index (χ0) is 13.2. The Morgan fingerprint density at radius 1 is 1.37 bits per heavy atom. The molecule has 1 unspecified atom stereocenters. The number of fused-ring (bicyclic) bond motifs is 1. The standard InChI is InChI=1S/C15H15ClN2O/c1-10(18-14-9-17-6-4-13(14)16)11-2-3-15-12(8-11)5-7-19-15/h2-4,6,8-10,18H,5,7H2,1H3. The Bertz CT molecular complexity index is 600. The Labute approximate surface area is 117 Å². The topological polar surface area (TPSA) is 34.2 Å². The van der Waals surface area contributed by atoms with Crippen LogP contribution in [0.3, 0.4) is 0 Å². The van der Waals surface area contributed by atoms with Crippen molar-refractivity contribution in [1.82, 2.24) is 4.98 Å². The average molecular weight is 275 g/mol. The van der Waals surface area contributed by atoms with Crippen molar-refractivity contribution in [2.75, 3.05) is 11.9 Å². The summed E-state index contributed by atoms with van der Waals surface area (Å²) in [6.07, 6.45) is 4.42. The lowest BCUT2D eigenvalue weighted by molar-refractivity contribution is 0.357. The molecular formula is C15H15ClN2O. The van der Waals surface area contributed by atoms with Gasteiger partial charge in [-0.15, -0.1) is 0 Å². The number of ether oxygens (including phenoxy) is 1. The maximum atomic E-state index is 6.13. The highest BCUT2D eigenvalue weighted by Gasteiger charge is 2.15. The second-order valence-corrected chi connectivity index (χ2v) is 5.09. The van der Waals surface area contributed by atoms with Gasteiger partial charge in [0.25, 0.3) is 0 Å². The second kappa shape index (κ2) is 5.10. The first-order valence-electron chi connectivity index (χ1n) is 6.36. The molecule has 19 heavy (non-hydrogen) atoms. The third-order valence-electron chi connectivity index (χ3n) is 3.35. The Kier molecular flexibility index (Phi) is 3.30. The number of rotatable bonds is 3. The largest absolute Gasteiger partial charge is 0.493 e. The minimum Gasteiger partial charge on any atom is -0.493 e. The van der Waals surface area contributed by atoms with Gasteiger partial charge in [-0.2, -0.15) is 0 Å². The molecule has 0 spiro atoms. The minimum atomic E-state index is 0.174. The molecule has 98 valence electrons. The van der Waals surface area contributed by atoms with Crippen molar-refractivity contribution >= 4 is 17.3 Å². The van der Waals surface area contributed by atoms with Crippen LogP contribution in [0.15, 0.2) is 36.7 Å². The zero-order valence-corrected chi connectivity index (χ0v) is 11.4. The Hall–Kier alpha value is -1.74. The smallest absolute Gasteiger partial charge is 0.122 e. The molecule has 1 aliphatic rings. The van der Waals surface area contributed by atoms with Gasteiger partial charge in [0, 0.05) is 18.7 Å². The maximum absolute atomic E-state index is 6.13. The zero-order valence-electron chi connectivity index (χ0n) is 10.7. The molecule has 3 rings (SSSR count). The molecular weight excluding hydrogens is 260 g/mol. The lowest BCUT2D eigenvalue weighted by atomic mass is 10.0. The number of halogens is 1. The summed E-state index contributed by atoms with van der Waals surface area (Å²) in [6.45, 7) is 2.90. The number of hydrogen-bond acceptors (Lipinski definition) is 3. The van der Waals surface area contributed by atoms with E-state index in [9.17, 15) is 0 Å². The van der Waals surface area contributed by atoms with E-state index in [-0.39, 0.29) is 6.04 Å². The molecule has 4 heteroatoms. The van der Waals surface area contributed by atoms with Gasteiger partial charge in [-0.1, -0.05) is 17.7 Å². The molecule has 1 N–H and O–H groups in total. The van der Waals surface area contributed by atoms with E-state index in [2.05, 4.69) is 29.4 Å². The van der Waals surface area contributed by atoms with Gasteiger partial charge in [0.15, 0.2) is 0 Å². The van der Waals surface area contributed by atoms with E-state index in [4.69, 9.17) is 16.3 Å². The molecule has 2 heterocycles. The van der Waals surface area contributed by atoms with Crippen LogP contribution in [0.4, 0.5) is 5.69 Å². The molecule has 3 nitrogen and oxygen atoms in total. The lowest BCUT2D eigenvalue weighted by Crippen LogP contribution is -2.07. The Morgan fingerprint density at radius 3 is 3.11 bits per heavy atom. The molecule has 0 saturated heterocycles. The maximum Gasteiger partial charge on any atom is 0.122 e. The van der Waals surface area contributed by atoms with Crippen LogP contribution >= 0.6 is 11.6 Å². The van der Waals surface area contributed by atoms with Crippen molar-refractivity contribution in [1.29, 1.82) is 0 Å². The van der Waals surface area contributed by atoms with Gasteiger partial charge < -0.3 is 10.1 Å². The Morgan fingerprint density at radius 2 is 2.26 bits per heavy atom. The summed E-state index contributed by atoms with van der Waals surface area (Å²) in [4.78, 5) is 4.08. The fourth-order valence-corrected chi connectivity index (χ4v) is 2.44. The van der Waals surface area contributed by atoms with Crippen molar-refractivity contribution in [2.45, 2.75) is 19.4 Å². The van der Waals surface area contributed by atoms with Crippen molar-refractivity contribution in [2.24, 2.45) is 0 Å². The van der Waals surface area contributed by atoms with Gasteiger partial charge in [-0.3, -0.25) is 4.98 Å². The molecule has 0 radical (unpaired) electrons. The monoisotopic (exact) mass is 274 g/mol. The first-order valence-corrected chi connectivity index (χ1v) is 6.73. The summed E-state index contributed by atoms with van der Waals surface area (Å²) in [5.41, 5.74) is 3.36. The molecule has 0 aliphatic carbocycles. The molecule has 1 aromatic heterocycles. The highest BCUT2D eigenvalue weighted by atomic mass is 35.5. The lowest BCUT2D eigenvalue weighted by Gasteiger charge is -2.17. The summed E-state index contributed by atoms with van der Waals surface area (Å²) in [5.74, 6) is 1.01.